The number of rotatable bonds is 1. The SMILES string of the molecule is CC(=O)C1=C(O)c2ccccc2C(C)C1. The maximum Gasteiger partial charge on any atom is 0.159 e. The molecule has 2 nitrogen and oxygen atoms in total. The summed E-state index contributed by atoms with van der Waals surface area (Å²) in [5.41, 5.74) is 2.49. The van der Waals surface area contributed by atoms with Crippen molar-refractivity contribution in [3.05, 3.63) is 41.0 Å². The predicted molar refractivity (Wildman–Crippen MR) is 59.7 cm³/mol. The Balaban J connectivity index is 2.62. The van der Waals surface area contributed by atoms with Gasteiger partial charge in [0.2, 0.25) is 0 Å². The lowest BCUT2D eigenvalue weighted by atomic mass is 9.82. The third kappa shape index (κ3) is 1.56. The van der Waals surface area contributed by atoms with Gasteiger partial charge < -0.3 is 5.11 Å². The van der Waals surface area contributed by atoms with Gasteiger partial charge in [0.1, 0.15) is 5.76 Å². The Bertz CT molecular complexity index is 444. The fourth-order valence-electron chi connectivity index (χ4n) is 2.13. The predicted octanol–water partition coefficient (Wildman–Crippen LogP) is 3.05. The summed E-state index contributed by atoms with van der Waals surface area (Å²) >= 11 is 0. The quantitative estimate of drug-likeness (QED) is 0.760. The molecule has 1 aromatic carbocycles. The van der Waals surface area contributed by atoms with E-state index < -0.39 is 0 Å². The van der Waals surface area contributed by atoms with Crippen molar-refractivity contribution in [1.29, 1.82) is 0 Å². The Hall–Kier alpha value is -1.57. The monoisotopic (exact) mass is 202 g/mol. The van der Waals surface area contributed by atoms with Crippen molar-refractivity contribution in [3.8, 4) is 0 Å². The molecule has 0 amide bonds. The Morgan fingerprint density at radius 3 is 2.73 bits per heavy atom. The van der Waals surface area contributed by atoms with E-state index in [2.05, 4.69) is 6.92 Å². The lowest BCUT2D eigenvalue weighted by molar-refractivity contribution is -0.113. The molecule has 15 heavy (non-hydrogen) atoms. The summed E-state index contributed by atoms with van der Waals surface area (Å²) in [6.07, 6.45) is 0.637. The maximum absolute atomic E-state index is 11.3. The van der Waals surface area contributed by atoms with Crippen LogP contribution in [0.25, 0.3) is 5.76 Å². The third-order valence-electron chi connectivity index (χ3n) is 2.97. The van der Waals surface area contributed by atoms with Crippen LogP contribution in [0.4, 0.5) is 0 Å². The Morgan fingerprint density at radius 1 is 1.40 bits per heavy atom. The van der Waals surface area contributed by atoms with Crippen LogP contribution in [0.2, 0.25) is 0 Å². The van der Waals surface area contributed by atoms with Crippen LogP contribution >= 0.6 is 0 Å². The van der Waals surface area contributed by atoms with Gasteiger partial charge in [0.05, 0.1) is 0 Å². The average Bonchev–Trinajstić information content (AvgIpc) is 2.23. The first-order valence-electron chi connectivity index (χ1n) is 5.13. The molecule has 1 aliphatic carbocycles. The minimum atomic E-state index is -0.0335. The summed E-state index contributed by atoms with van der Waals surface area (Å²) in [6.45, 7) is 3.58. The molecule has 1 aliphatic rings. The molecule has 0 saturated heterocycles. The lowest BCUT2D eigenvalue weighted by Crippen LogP contribution is -2.13. The number of carbonyl (C=O) groups excluding carboxylic acids is 1. The standard InChI is InChI=1S/C13H14O2/c1-8-7-12(9(2)14)13(15)11-6-4-3-5-10(8)11/h3-6,8,15H,7H2,1-2H3. The van der Waals surface area contributed by atoms with Crippen LogP contribution in [0.3, 0.4) is 0 Å². The van der Waals surface area contributed by atoms with Crippen LogP contribution in [0.1, 0.15) is 37.3 Å². The van der Waals surface area contributed by atoms with Crippen LogP contribution < -0.4 is 0 Å². The number of carbonyl (C=O) groups is 1. The minimum absolute atomic E-state index is 0.0335. The van der Waals surface area contributed by atoms with Gasteiger partial charge in [-0.1, -0.05) is 31.2 Å². The highest BCUT2D eigenvalue weighted by molar-refractivity contribution is 6.00. The Kier molecular flexibility index (Phi) is 2.35. The van der Waals surface area contributed by atoms with E-state index in [4.69, 9.17) is 0 Å². The fraction of sp³-hybridized carbons (Fsp3) is 0.308. The molecule has 0 heterocycles. The van der Waals surface area contributed by atoms with Crippen molar-refractivity contribution in [1.82, 2.24) is 0 Å². The molecule has 1 N–H and O–H groups in total. The number of aliphatic hydroxyl groups is 1. The van der Waals surface area contributed by atoms with Crippen molar-refractivity contribution in [2.75, 3.05) is 0 Å². The van der Waals surface area contributed by atoms with E-state index in [0.717, 1.165) is 11.1 Å². The Labute approximate surface area is 89.2 Å². The van der Waals surface area contributed by atoms with Gasteiger partial charge in [-0.15, -0.1) is 0 Å². The second-order valence-corrected chi connectivity index (χ2v) is 4.08. The van der Waals surface area contributed by atoms with Crippen molar-refractivity contribution < 1.29 is 9.90 Å². The third-order valence-corrected chi connectivity index (χ3v) is 2.97. The molecule has 0 radical (unpaired) electrons. The molecule has 0 aliphatic heterocycles. The maximum atomic E-state index is 11.3. The first-order valence-corrected chi connectivity index (χ1v) is 5.13. The zero-order chi connectivity index (χ0) is 11.0. The summed E-state index contributed by atoms with van der Waals surface area (Å²) in [5, 5.41) is 9.97. The number of allylic oxidation sites excluding steroid dienone is 1. The fourth-order valence-corrected chi connectivity index (χ4v) is 2.13. The molecular formula is C13H14O2. The molecule has 1 unspecified atom stereocenters. The van der Waals surface area contributed by atoms with Gasteiger partial charge in [-0.25, -0.2) is 0 Å². The van der Waals surface area contributed by atoms with Crippen molar-refractivity contribution in [2.45, 2.75) is 26.2 Å². The molecule has 0 aromatic heterocycles. The van der Waals surface area contributed by atoms with Crippen molar-refractivity contribution >= 4 is 11.5 Å². The molecular weight excluding hydrogens is 188 g/mol. The van der Waals surface area contributed by atoms with Gasteiger partial charge in [-0.2, -0.15) is 0 Å². The zero-order valence-electron chi connectivity index (χ0n) is 8.95. The van der Waals surface area contributed by atoms with Gasteiger partial charge in [0.15, 0.2) is 5.78 Å². The molecule has 0 bridgehead atoms. The normalized spacial score (nSPS) is 20.0. The number of Topliss-reactive ketones (excluding diaryl/α,β-unsaturated/α-hetero) is 1. The molecule has 0 spiro atoms. The second-order valence-electron chi connectivity index (χ2n) is 4.08. The number of aliphatic hydroxyl groups excluding tert-OH is 1. The molecule has 2 heteroatoms. The molecule has 1 aromatic rings. The highest BCUT2D eigenvalue weighted by atomic mass is 16.3. The van der Waals surface area contributed by atoms with E-state index in [-0.39, 0.29) is 11.5 Å². The van der Waals surface area contributed by atoms with Crippen LogP contribution in [-0.2, 0) is 4.79 Å². The smallest absolute Gasteiger partial charge is 0.159 e. The van der Waals surface area contributed by atoms with Crippen LogP contribution in [-0.4, -0.2) is 10.9 Å². The first kappa shape index (κ1) is 9.97. The zero-order valence-corrected chi connectivity index (χ0v) is 8.95. The highest BCUT2D eigenvalue weighted by Gasteiger charge is 2.25. The highest BCUT2D eigenvalue weighted by Crippen LogP contribution is 2.37. The van der Waals surface area contributed by atoms with Gasteiger partial charge in [-0.3, -0.25) is 4.79 Å². The van der Waals surface area contributed by atoms with E-state index in [1.54, 1.807) is 0 Å². The van der Waals surface area contributed by atoms with E-state index in [9.17, 15) is 9.90 Å². The molecule has 0 fully saturated rings. The van der Waals surface area contributed by atoms with E-state index in [1.165, 1.54) is 6.92 Å². The summed E-state index contributed by atoms with van der Waals surface area (Å²) in [4.78, 5) is 11.3. The number of ketones is 1. The molecule has 78 valence electrons. The Morgan fingerprint density at radius 2 is 2.07 bits per heavy atom. The van der Waals surface area contributed by atoms with Gasteiger partial charge >= 0.3 is 0 Å². The molecule has 1 atom stereocenters. The number of hydrogen-bond acceptors (Lipinski definition) is 2. The second kappa shape index (κ2) is 3.54. The van der Waals surface area contributed by atoms with Gasteiger partial charge in [-0.05, 0) is 24.8 Å². The van der Waals surface area contributed by atoms with Crippen LogP contribution in [0.15, 0.2) is 29.8 Å². The summed E-state index contributed by atoms with van der Waals surface area (Å²) in [6, 6.07) is 7.71. The van der Waals surface area contributed by atoms with E-state index in [1.807, 2.05) is 24.3 Å². The van der Waals surface area contributed by atoms with Gasteiger partial charge in [0.25, 0.3) is 0 Å². The summed E-state index contributed by atoms with van der Waals surface area (Å²) in [5.74, 6) is 0.432. The van der Waals surface area contributed by atoms with Crippen LogP contribution in [0.5, 0.6) is 0 Å². The summed E-state index contributed by atoms with van der Waals surface area (Å²) < 4.78 is 0. The van der Waals surface area contributed by atoms with Gasteiger partial charge in [0, 0.05) is 11.1 Å². The molecule has 0 saturated carbocycles. The first-order chi connectivity index (χ1) is 7.11. The molecule has 2 rings (SSSR count). The minimum Gasteiger partial charge on any atom is -0.507 e. The van der Waals surface area contributed by atoms with Crippen molar-refractivity contribution in [2.24, 2.45) is 0 Å². The van der Waals surface area contributed by atoms with E-state index >= 15 is 0 Å². The lowest BCUT2D eigenvalue weighted by Gasteiger charge is -2.23. The largest absolute Gasteiger partial charge is 0.507 e. The number of hydrogen-bond donors (Lipinski definition) is 1. The average molecular weight is 202 g/mol. The topological polar surface area (TPSA) is 37.3 Å². The summed E-state index contributed by atoms with van der Waals surface area (Å²) in [7, 11) is 0. The van der Waals surface area contributed by atoms with Crippen molar-refractivity contribution in [3.63, 3.8) is 0 Å². The van der Waals surface area contributed by atoms with Crippen LogP contribution in [0, 0.1) is 0 Å². The van der Waals surface area contributed by atoms with E-state index in [0.29, 0.717) is 17.9 Å². The number of benzene rings is 1. The number of fused-ring (bicyclic) bond motifs is 1.